The number of anilines is 2. The highest BCUT2D eigenvalue weighted by Gasteiger charge is 2.35. The van der Waals surface area contributed by atoms with Crippen LogP contribution in [0.5, 0.6) is 17.2 Å². The molecule has 1 atom stereocenters. The van der Waals surface area contributed by atoms with Gasteiger partial charge in [-0.3, -0.25) is 9.78 Å². The number of methoxy groups -OCH3 is 2. The Morgan fingerprint density at radius 3 is 2.49 bits per heavy atom. The molecule has 5 aromatic rings. The van der Waals surface area contributed by atoms with Crippen LogP contribution in [0.25, 0.3) is 11.4 Å². The fourth-order valence-electron chi connectivity index (χ4n) is 5.02. The third-order valence-corrected chi connectivity index (χ3v) is 7.11. The van der Waals surface area contributed by atoms with Crippen molar-refractivity contribution in [2.45, 2.75) is 19.6 Å². The molecule has 10 nitrogen and oxygen atoms in total. The first kappa shape index (κ1) is 27.5. The van der Waals surface area contributed by atoms with E-state index >= 15 is 0 Å². The molecule has 1 amide bonds. The van der Waals surface area contributed by atoms with Gasteiger partial charge in [0.1, 0.15) is 18.4 Å². The number of amides is 1. The molecule has 10 heteroatoms. The van der Waals surface area contributed by atoms with Gasteiger partial charge in [-0.25, -0.2) is 4.68 Å². The standard InChI is InChI=1S/C33H30N6O4/c1-21-29(32(40)36-25-13-7-8-14-26(25)41-2)30(39-33(35-21)37-31(38-39)24-12-9-17-34-19-24)23-15-16-27(28(18-23)42-3)43-20-22-10-5-4-6-11-22/h4-19,30H,20H2,1-3H3,(H,36,40)(H,35,37,38). The van der Waals surface area contributed by atoms with Crippen LogP contribution in [0.15, 0.2) is 109 Å². The molecule has 1 aliphatic rings. The van der Waals surface area contributed by atoms with Gasteiger partial charge >= 0.3 is 0 Å². The van der Waals surface area contributed by atoms with E-state index in [2.05, 4.69) is 15.6 Å². The van der Waals surface area contributed by atoms with Crippen molar-refractivity contribution >= 4 is 17.5 Å². The predicted molar refractivity (Wildman–Crippen MR) is 163 cm³/mol. The van der Waals surface area contributed by atoms with E-state index in [1.165, 1.54) is 0 Å². The summed E-state index contributed by atoms with van der Waals surface area (Å²) in [6.07, 6.45) is 3.40. The highest BCUT2D eigenvalue weighted by Crippen LogP contribution is 2.40. The van der Waals surface area contributed by atoms with Crippen LogP contribution in [-0.4, -0.2) is 39.9 Å². The Labute approximate surface area is 249 Å². The van der Waals surface area contributed by atoms with Crippen molar-refractivity contribution in [3.05, 3.63) is 120 Å². The Kier molecular flexibility index (Phi) is 7.73. The van der Waals surface area contributed by atoms with Crippen LogP contribution in [0.2, 0.25) is 0 Å². The summed E-state index contributed by atoms with van der Waals surface area (Å²) in [7, 11) is 3.16. The zero-order chi connectivity index (χ0) is 29.8. The van der Waals surface area contributed by atoms with E-state index in [0.717, 1.165) is 16.7 Å². The summed E-state index contributed by atoms with van der Waals surface area (Å²) in [4.78, 5) is 23.0. The van der Waals surface area contributed by atoms with Crippen LogP contribution in [0.3, 0.4) is 0 Å². The molecule has 0 bridgehead atoms. The van der Waals surface area contributed by atoms with Crippen LogP contribution in [0.1, 0.15) is 24.1 Å². The van der Waals surface area contributed by atoms with E-state index in [1.54, 1.807) is 43.4 Å². The summed E-state index contributed by atoms with van der Waals surface area (Å²) in [6, 6.07) is 25.9. The summed E-state index contributed by atoms with van der Waals surface area (Å²) in [6.45, 7) is 2.23. The van der Waals surface area contributed by atoms with E-state index in [4.69, 9.17) is 24.3 Å². The second-order valence-electron chi connectivity index (χ2n) is 9.85. The normalized spacial score (nSPS) is 14.0. The van der Waals surface area contributed by atoms with Gasteiger partial charge in [-0.05, 0) is 54.4 Å². The van der Waals surface area contributed by atoms with Gasteiger partial charge in [0, 0.05) is 23.7 Å². The SMILES string of the molecule is COc1ccccc1NC(=O)C1=C(C)Nc2nc(-c3cccnc3)nn2C1c1ccc(OCc2ccccc2)c(OC)c1. The van der Waals surface area contributed by atoms with Gasteiger partial charge in [0.2, 0.25) is 5.95 Å². The number of pyridine rings is 1. The van der Waals surface area contributed by atoms with Crippen molar-refractivity contribution < 1.29 is 19.0 Å². The van der Waals surface area contributed by atoms with Gasteiger partial charge in [0.15, 0.2) is 17.3 Å². The lowest BCUT2D eigenvalue weighted by molar-refractivity contribution is -0.113. The lowest BCUT2D eigenvalue weighted by atomic mass is 9.94. The smallest absolute Gasteiger partial charge is 0.255 e. The zero-order valence-corrected chi connectivity index (χ0v) is 23.9. The highest BCUT2D eigenvalue weighted by atomic mass is 16.5. The molecule has 2 N–H and O–H groups in total. The monoisotopic (exact) mass is 574 g/mol. The summed E-state index contributed by atoms with van der Waals surface area (Å²) < 4.78 is 19.0. The molecule has 1 aliphatic heterocycles. The van der Waals surface area contributed by atoms with Crippen molar-refractivity contribution in [1.29, 1.82) is 0 Å². The number of ether oxygens (including phenoxy) is 3. The number of allylic oxidation sites excluding steroid dienone is 1. The fourth-order valence-corrected chi connectivity index (χ4v) is 5.02. The number of fused-ring (bicyclic) bond motifs is 1. The van der Waals surface area contributed by atoms with Crippen LogP contribution in [-0.2, 0) is 11.4 Å². The summed E-state index contributed by atoms with van der Waals surface area (Å²) in [5.74, 6) is 2.33. The topological polar surface area (TPSA) is 112 Å². The number of rotatable bonds is 9. The minimum atomic E-state index is -0.638. The fraction of sp³-hybridized carbons (Fsp3) is 0.152. The number of hydrogen-bond donors (Lipinski definition) is 2. The molecule has 0 saturated heterocycles. The predicted octanol–water partition coefficient (Wildman–Crippen LogP) is 5.86. The molecule has 0 radical (unpaired) electrons. The highest BCUT2D eigenvalue weighted by molar-refractivity contribution is 6.06. The molecule has 0 spiro atoms. The molecular weight excluding hydrogens is 544 g/mol. The molecule has 0 fully saturated rings. The molecule has 1 unspecified atom stereocenters. The first-order valence-corrected chi connectivity index (χ1v) is 13.7. The lowest BCUT2D eigenvalue weighted by Crippen LogP contribution is -2.31. The van der Waals surface area contributed by atoms with Crippen LogP contribution in [0, 0.1) is 0 Å². The van der Waals surface area contributed by atoms with Crippen LogP contribution >= 0.6 is 0 Å². The largest absolute Gasteiger partial charge is 0.495 e. The second kappa shape index (κ2) is 12.1. The number of carbonyl (C=O) groups is 1. The number of aromatic nitrogens is 4. The van der Waals surface area contributed by atoms with E-state index < -0.39 is 6.04 Å². The van der Waals surface area contributed by atoms with Gasteiger partial charge in [-0.15, -0.1) is 5.10 Å². The van der Waals surface area contributed by atoms with Crippen molar-refractivity contribution in [2.24, 2.45) is 0 Å². The Morgan fingerprint density at radius 1 is 0.930 bits per heavy atom. The molecule has 43 heavy (non-hydrogen) atoms. The molecular formula is C33H30N6O4. The first-order valence-electron chi connectivity index (χ1n) is 13.7. The van der Waals surface area contributed by atoms with Crippen molar-refractivity contribution in [1.82, 2.24) is 19.7 Å². The average molecular weight is 575 g/mol. The van der Waals surface area contributed by atoms with Crippen molar-refractivity contribution in [3.63, 3.8) is 0 Å². The Hall–Kier alpha value is -5.64. The third-order valence-electron chi connectivity index (χ3n) is 7.11. The number of nitrogens with one attached hydrogen (secondary N) is 2. The van der Waals surface area contributed by atoms with E-state index in [-0.39, 0.29) is 5.91 Å². The van der Waals surface area contributed by atoms with E-state index in [1.807, 2.05) is 79.7 Å². The number of hydrogen-bond acceptors (Lipinski definition) is 8. The molecule has 6 rings (SSSR count). The van der Waals surface area contributed by atoms with Crippen molar-refractivity contribution in [3.8, 4) is 28.6 Å². The Morgan fingerprint density at radius 2 is 1.72 bits per heavy atom. The lowest BCUT2D eigenvalue weighted by Gasteiger charge is -2.29. The van der Waals surface area contributed by atoms with E-state index in [0.29, 0.717) is 52.6 Å². The van der Waals surface area contributed by atoms with Crippen LogP contribution < -0.4 is 24.8 Å². The molecule has 3 aromatic carbocycles. The number of benzene rings is 3. The zero-order valence-electron chi connectivity index (χ0n) is 23.9. The van der Waals surface area contributed by atoms with Gasteiger partial charge in [-0.2, -0.15) is 4.98 Å². The molecule has 2 aromatic heterocycles. The maximum Gasteiger partial charge on any atom is 0.255 e. The van der Waals surface area contributed by atoms with Gasteiger partial charge < -0.3 is 24.8 Å². The summed E-state index contributed by atoms with van der Waals surface area (Å²) in [5, 5.41) is 11.1. The Bertz CT molecular complexity index is 1790. The van der Waals surface area contributed by atoms with Crippen LogP contribution in [0.4, 0.5) is 11.6 Å². The molecule has 0 aliphatic carbocycles. The summed E-state index contributed by atoms with van der Waals surface area (Å²) >= 11 is 0. The minimum absolute atomic E-state index is 0.313. The number of para-hydroxylation sites is 2. The maximum atomic E-state index is 14.0. The molecule has 3 heterocycles. The third kappa shape index (κ3) is 5.62. The first-order chi connectivity index (χ1) is 21.1. The van der Waals surface area contributed by atoms with Gasteiger partial charge in [0.05, 0.1) is 25.5 Å². The quantitative estimate of drug-likeness (QED) is 0.225. The second-order valence-corrected chi connectivity index (χ2v) is 9.85. The maximum absolute atomic E-state index is 14.0. The number of carbonyl (C=O) groups excluding carboxylic acids is 1. The van der Waals surface area contributed by atoms with Crippen molar-refractivity contribution in [2.75, 3.05) is 24.9 Å². The van der Waals surface area contributed by atoms with E-state index in [9.17, 15) is 4.79 Å². The van der Waals surface area contributed by atoms with Gasteiger partial charge in [-0.1, -0.05) is 48.5 Å². The summed E-state index contributed by atoms with van der Waals surface area (Å²) in [5.41, 5.74) is 4.20. The average Bonchev–Trinajstić information content (AvgIpc) is 3.48. The Balaban J connectivity index is 1.41. The van der Waals surface area contributed by atoms with Gasteiger partial charge in [0.25, 0.3) is 5.91 Å². The minimum Gasteiger partial charge on any atom is -0.495 e. The number of nitrogens with zero attached hydrogens (tertiary/aromatic N) is 4. The molecule has 0 saturated carbocycles. The molecule has 216 valence electrons.